The Kier molecular flexibility index (Phi) is 5.57. The van der Waals surface area contributed by atoms with Gasteiger partial charge in [-0.1, -0.05) is 65.7 Å². The van der Waals surface area contributed by atoms with E-state index in [1.54, 1.807) is 18.2 Å². The molecule has 0 bridgehead atoms. The van der Waals surface area contributed by atoms with Gasteiger partial charge in [0.05, 0.1) is 17.1 Å². The van der Waals surface area contributed by atoms with Crippen molar-refractivity contribution in [1.82, 2.24) is 4.90 Å². The van der Waals surface area contributed by atoms with Gasteiger partial charge in [-0.2, -0.15) is 0 Å². The number of nitrogens with one attached hydrogen (secondary N) is 1. The van der Waals surface area contributed by atoms with Crippen LogP contribution in [0.2, 0.25) is 10.0 Å². The molecule has 0 radical (unpaired) electrons. The van der Waals surface area contributed by atoms with E-state index in [2.05, 4.69) is 5.32 Å². The Morgan fingerprint density at radius 3 is 2.33 bits per heavy atom. The fourth-order valence-corrected chi connectivity index (χ4v) is 3.76. The minimum absolute atomic E-state index is 0.0331. The first-order chi connectivity index (χ1) is 14.4. The molecule has 0 fully saturated rings. The van der Waals surface area contributed by atoms with Gasteiger partial charge < -0.3 is 5.32 Å². The van der Waals surface area contributed by atoms with Crippen LogP contribution in [0.15, 0.2) is 78.5 Å². The Labute approximate surface area is 182 Å². The molecule has 3 aromatic carbocycles. The molecule has 4 rings (SSSR count). The summed E-state index contributed by atoms with van der Waals surface area (Å²) in [5.41, 5.74) is 1.66. The predicted octanol–water partition coefficient (Wildman–Crippen LogP) is 5.52. The maximum absolute atomic E-state index is 13.7. The molecule has 1 aliphatic rings. The largest absolute Gasteiger partial charge is 0.350 e. The van der Waals surface area contributed by atoms with Gasteiger partial charge in [-0.15, -0.1) is 0 Å². The van der Waals surface area contributed by atoms with Gasteiger partial charge in [0.2, 0.25) is 0 Å². The summed E-state index contributed by atoms with van der Waals surface area (Å²) in [6, 6.07) is 19.5. The standard InChI is InChI=1S/C23H15Cl2FN2O2/c24-15-9-10-18(19(25)11-15)20-21(27-17-8-4-7-16(26)12-17)23(30)28(22(20)29)13-14-5-2-1-3-6-14/h1-12,27H,13H2. The molecule has 1 aliphatic heterocycles. The van der Waals surface area contributed by atoms with Crippen LogP contribution >= 0.6 is 23.2 Å². The topological polar surface area (TPSA) is 49.4 Å². The van der Waals surface area contributed by atoms with Gasteiger partial charge in [-0.25, -0.2) is 4.39 Å². The second-order valence-corrected chi connectivity index (χ2v) is 7.54. The highest BCUT2D eigenvalue weighted by atomic mass is 35.5. The molecule has 0 unspecified atom stereocenters. The molecule has 0 spiro atoms. The van der Waals surface area contributed by atoms with Crippen molar-refractivity contribution >= 4 is 46.3 Å². The monoisotopic (exact) mass is 440 g/mol. The lowest BCUT2D eigenvalue weighted by atomic mass is 10.0. The summed E-state index contributed by atoms with van der Waals surface area (Å²) in [5.74, 6) is -1.48. The normalized spacial score (nSPS) is 13.9. The number of rotatable bonds is 5. The Balaban J connectivity index is 1.79. The van der Waals surface area contributed by atoms with Gasteiger partial charge in [-0.3, -0.25) is 14.5 Å². The van der Waals surface area contributed by atoms with E-state index in [0.717, 1.165) is 10.5 Å². The third kappa shape index (κ3) is 3.95. The van der Waals surface area contributed by atoms with Crippen molar-refractivity contribution in [2.75, 3.05) is 5.32 Å². The molecule has 4 nitrogen and oxygen atoms in total. The molecule has 2 amide bonds. The fraction of sp³-hybridized carbons (Fsp3) is 0.0435. The van der Waals surface area contributed by atoms with Crippen LogP contribution in [0.1, 0.15) is 11.1 Å². The van der Waals surface area contributed by atoms with E-state index in [4.69, 9.17) is 23.2 Å². The van der Waals surface area contributed by atoms with Gasteiger partial charge >= 0.3 is 0 Å². The molecule has 1 heterocycles. The highest BCUT2D eigenvalue weighted by molar-refractivity contribution is 6.41. The molecule has 0 saturated carbocycles. The van der Waals surface area contributed by atoms with Crippen molar-refractivity contribution in [1.29, 1.82) is 0 Å². The van der Waals surface area contributed by atoms with E-state index in [1.165, 1.54) is 24.3 Å². The number of benzene rings is 3. The number of carbonyl (C=O) groups excluding carboxylic acids is 2. The molecule has 0 aromatic heterocycles. The second-order valence-electron chi connectivity index (χ2n) is 6.69. The molecular formula is C23H15Cl2FN2O2. The molecule has 150 valence electrons. The minimum atomic E-state index is -0.519. The molecule has 0 aliphatic carbocycles. The number of imide groups is 1. The molecule has 3 aromatic rings. The van der Waals surface area contributed by atoms with E-state index in [9.17, 15) is 14.0 Å². The highest BCUT2D eigenvalue weighted by Crippen LogP contribution is 2.36. The lowest BCUT2D eigenvalue weighted by Crippen LogP contribution is -2.32. The molecule has 0 saturated heterocycles. The lowest BCUT2D eigenvalue weighted by Gasteiger charge is -2.15. The zero-order valence-electron chi connectivity index (χ0n) is 15.5. The molecule has 7 heteroatoms. The molecule has 0 atom stereocenters. The van der Waals surface area contributed by atoms with Crippen molar-refractivity contribution < 1.29 is 14.0 Å². The number of anilines is 1. The van der Waals surface area contributed by atoms with E-state index in [-0.39, 0.29) is 22.8 Å². The van der Waals surface area contributed by atoms with Crippen molar-refractivity contribution in [3.05, 3.63) is 105 Å². The second kappa shape index (κ2) is 8.30. The van der Waals surface area contributed by atoms with Crippen molar-refractivity contribution in [3.8, 4) is 0 Å². The first-order valence-corrected chi connectivity index (χ1v) is 9.82. The summed E-state index contributed by atoms with van der Waals surface area (Å²) in [4.78, 5) is 27.6. The third-order valence-corrected chi connectivity index (χ3v) is 5.19. The van der Waals surface area contributed by atoms with Crippen LogP contribution < -0.4 is 5.32 Å². The number of hydrogen-bond acceptors (Lipinski definition) is 3. The highest BCUT2D eigenvalue weighted by Gasteiger charge is 2.40. The Bertz CT molecular complexity index is 1180. The number of amides is 2. The van der Waals surface area contributed by atoms with E-state index in [0.29, 0.717) is 16.3 Å². The van der Waals surface area contributed by atoms with Crippen LogP contribution in [0.25, 0.3) is 5.57 Å². The Morgan fingerprint density at radius 1 is 0.867 bits per heavy atom. The van der Waals surface area contributed by atoms with Crippen LogP contribution in [-0.2, 0) is 16.1 Å². The van der Waals surface area contributed by atoms with Crippen LogP contribution in [0.5, 0.6) is 0 Å². The molecule has 1 N–H and O–H groups in total. The quantitative estimate of drug-likeness (QED) is 0.531. The van der Waals surface area contributed by atoms with Gasteiger partial charge in [-0.05, 0) is 35.9 Å². The van der Waals surface area contributed by atoms with Crippen LogP contribution in [0.4, 0.5) is 10.1 Å². The van der Waals surface area contributed by atoms with Crippen LogP contribution in [-0.4, -0.2) is 16.7 Å². The average Bonchev–Trinajstić information content (AvgIpc) is 2.93. The van der Waals surface area contributed by atoms with E-state index in [1.807, 2.05) is 30.3 Å². The van der Waals surface area contributed by atoms with Gasteiger partial charge in [0.15, 0.2) is 0 Å². The Hall–Kier alpha value is -3.15. The summed E-state index contributed by atoms with van der Waals surface area (Å²) in [6.07, 6.45) is 0. The zero-order valence-corrected chi connectivity index (χ0v) is 17.0. The summed E-state index contributed by atoms with van der Waals surface area (Å²) >= 11 is 12.3. The summed E-state index contributed by atoms with van der Waals surface area (Å²) in [5, 5.41) is 3.54. The first-order valence-electron chi connectivity index (χ1n) is 9.06. The van der Waals surface area contributed by atoms with Crippen LogP contribution in [0.3, 0.4) is 0 Å². The van der Waals surface area contributed by atoms with Gasteiger partial charge in [0, 0.05) is 16.3 Å². The summed E-state index contributed by atoms with van der Waals surface area (Å²) in [6.45, 7) is 0.0988. The van der Waals surface area contributed by atoms with Crippen molar-refractivity contribution in [2.45, 2.75) is 6.54 Å². The fourth-order valence-electron chi connectivity index (χ4n) is 3.25. The maximum atomic E-state index is 13.7. The van der Waals surface area contributed by atoms with Crippen molar-refractivity contribution in [2.24, 2.45) is 0 Å². The van der Waals surface area contributed by atoms with Gasteiger partial charge in [0.25, 0.3) is 11.8 Å². The molecular weight excluding hydrogens is 426 g/mol. The van der Waals surface area contributed by atoms with Crippen LogP contribution in [0, 0.1) is 5.82 Å². The smallest absolute Gasteiger partial charge is 0.278 e. The number of hydrogen-bond donors (Lipinski definition) is 1. The number of carbonyl (C=O) groups is 2. The Morgan fingerprint density at radius 2 is 1.63 bits per heavy atom. The first kappa shape index (κ1) is 20.1. The van der Waals surface area contributed by atoms with Gasteiger partial charge in [0.1, 0.15) is 11.5 Å². The number of nitrogens with zero attached hydrogens (tertiary/aromatic N) is 1. The predicted molar refractivity (Wildman–Crippen MR) is 115 cm³/mol. The van der Waals surface area contributed by atoms with E-state index >= 15 is 0 Å². The summed E-state index contributed by atoms with van der Waals surface area (Å²) in [7, 11) is 0. The average molecular weight is 441 g/mol. The third-order valence-electron chi connectivity index (χ3n) is 4.65. The SMILES string of the molecule is O=C1C(Nc2cccc(F)c2)=C(c2ccc(Cl)cc2Cl)C(=O)N1Cc1ccccc1. The minimum Gasteiger partial charge on any atom is -0.350 e. The maximum Gasteiger partial charge on any atom is 0.278 e. The summed E-state index contributed by atoms with van der Waals surface area (Å²) < 4.78 is 13.7. The van der Waals surface area contributed by atoms with Crippen molar-refractivity contribution in [3.63, 3.8) is 0 Å². The van der Waals surface area contributed by atoms with E-state index < -0.39 is 17.6 Å². The number of halogens is 3. The lowest BCUT2D eigenvalue weighted by molar-refractivity contribution is -0.137. The molecule has 30 heavy (non-hydrogen) atoms. The zero-order chi connectivity index (χ0) is 21.3.